The third-order valence-electron chi connectivity index (χ3n) is 5.63. The van der Waals surface area contributed by atoms with E-state index in [1.165, 1.54) is 0 Å². The van der Waals surface area contributed by atoms with Crippen molar-refractivity contribution in [1.82, 2.24) is 0 Å². The highest BCUT2D eigenvalue weighted by atomic mass is 16.5. The van der Waals surface area contributed by atoms with E-state index in [1.807, 2.05) is 78.9 Å². The Morgan fingerprint density at radius 3 is 1.97 bits per heavy atom. The van der Waals surface area contributed by atoms with Crippen LogP contribution in [0.15, 0.2) is 83.9 Å². The molecule has 3 aromatic rings. The molecule has 1 saturated carbocycles. The van der Waals surface area contributed by atoms with Gasteiger partial charge in [-0.3, -0.25) is 0 Å². The van der Waals surface area contributed by atoms with Gasteiger partial charge in [0, 0.05) is 5.56 Å². The Balaban J connectivity index is 1.68. The fourth-order valence-electron chi connectivity index (χ4n) is 4.10. The molecule has 0 amide bonds. The van der Waals surface area contributed by atoms with Gasteiger partial charge in [-0.1, -0.05) is 85.6 Å². The number of ether oxygens (including phenoxy) is 2. The van der Waals surface area contributed by atoms with Crippen LogP contribution in [-0.2, 0) is 23.5 Å². The number of hydrogen-bond acceptors (Lipinski definition) is 4. The van der Waals surface area contributed by atoms with Gasteiger partial charge >= 0.3 is 0 Å². The molecule has 0 saturated heterocycles. The molecule has 0 bridgehead atoms. The van der Waals surface area contributed by atoms with Gasteiger partial charge in [-0.25, -0.2) is 4.79 Å². The standard InChI is InChI=1S/C26H25NO3/c28-20-27-26(16-7-8-17-26)23-14-9-15-24(29-18-21-10-3-1-4-11-21)25(23)30-19-22-12-5-2-6-13-22/h1-6,9-15H,7-8,16-19H2. The molecule has 0 heterocycles. The smallest absolute Gasteiger partial charge is 0.235 e. The summed E-state index contributed by atoms with van der Waals surface area (Å²) in [5.74, 6) is 1.33. The maximum Gasteiger partial charge on any atom is 0.235 e. The van der Waals surface area contributed by atoms with E-state index < -0.39 is 5.54 Å². The summed E-state index contributed by atoms with van der Waals surface area (Å²) in [6.07, 6.45) is 5.48. The molecule has 3 aromatic carbocycles. The number of para-hydroxylation sites is 1. The monoisotopic (exact) mass is 399 g/mol. The molecule has 0 atom stereocenters. The maximum absolute atomic E-state index is 11.3. The van der Waals surface area contributed by atoms with Crippen molar-refractivity contribution < 1.29 is 14.3 Å². The van der Waals surface area contributed by atoms with Gasteiger partial charge in [0.2, 0.25) is 6.08 Å². The minimum absolute atomic E-state index is 0.417. The van der Waals surface area contributed by atoms with Crippen molar-refractivity contribution >= 4 is 6.08 Å². The van der Waals surface area contributed by atoms with Gasteiger partial charge in [0.05, 0.1) is 0 Å². The van der Waals surface area contributed by atoms with E-state index in [2.05, 4.69) is 4.99 Å². The zero-order valence-corrected chi connectivity index (χ0v) is 16.9. The summed E-state index contributed by atoms with van der Waals surface area (Å²) in [6.45, 7) is 0.858. The number of benzene rings is 3. The van der Waals surface area contributed by atoms with E-state index >= 15 is 0 Å². The van der Waals surface area contributed by atoms with Crippen LogP contribution in [0.4, 0.5) is 0 Å². The third kappa shape index (κ3) is 4.45. The Labute approximate surface area is 177 Å². The number of nitrogens with zero attached hydrogens (tertiary/aromatic N) is 1. The second kappa shape index (κ2) is 9.43. The van der Waals surface area contributed by atoms with Gasteiger partial charge in [-0.15, -0.1) is 0 Å². The van der Waals surface area contributed by atoms with E-state index in [9.17, 15) is 4.79 Å². The highest BCUT2D eigenvalue weighted by Gasteiger charge is 2.39. The predicted octanol–water partition coefficient (Wildman–Crippen LogP) is 5.95. The lowest BCUT2D eigenvalue weighted by molar-refractivity contribution is 0.248. The maximum atomic E-state index is 11.3. The molecule has 0 unspecified atom stereocenters. The zero-order chi connectivity index (χ0) is 20.7. The molecule has 152 valence electrons. The first kappa shape index (κ1) is 19.9. The molecule has 0 aromatic heterocycles. The number of carbonyl (C=O) groups excluding carboxylic acids is 1. The number of isocyanates is 1. The van der Waals surface area contributed by atoms with Gasteiger partial charge in [-0.05, 0) is 30.0 Å². The predicted molar refractivity (Wildman–Crippen MR) is 116 cm³/mol. The van der Waals surface area contributed by atoms with Crippen LogP contribution in [-0.4, -0.2) is 6.08 Å². The summed E-state index contributed by atoms with van der Waals surface area (Å²) in [7, 11) is 0. The number of aliphatic imine (C=N–C) groups is 1. The largest absolute Gasteiger partial charge is 0.485 e. The molecule has 1 aliphatic carbocycles. The normalized spacial score (nSPS) is 14.7. The van der Waals surface area contributed by atoms with Crippen LogP contribution in [0.2, 0.25) is 0 Å². The second-order valence-corrected chi connectivity index (χ2v) is 7.62. The fourth-order valence-corrected chi connectivity index (χ4v) is 4.10. The Morgan fingerprint density at radius 1 is 0.767 bits per heavy atom. The molecular formula is C26H25NO3. The second-order valence-electron chi connectivity index (χ2n) is 7.62. The van der Waals surface area contributed by atoms with E-state index in [4.69, 9.17) is 9.47 Å². The first-order valence-electron chi connectivity index (χ1n) is 10.4. The van der Waals surface area contributed by atoms with Crippen molar-refractivity contribution in [2.24, 2.45) is 4.99 Å². The quantitative estimate of drug-likeness (QED) is 0.347. The summed E-state index contributed by atoms with van der Waals surface area (Å²) in [5.41, 5.74) is 2.48. The third-order valence-corrected chi connectivity index (χ3v) is 5.63. The molecule has 1 fully saturated rings. The zero-order valence-electron chi connectivity index (χ0n) is 16.9. The molecule has 0 radical (unpaired) electrons. The lowest BCUT2D eigenvalue weighted by atomic mass is 9.88. The molecule has 1 aliphatic rings. The average Bonchev–Trinajstić information content (AvgIpc) is 3.27. The van der Waals surface area contributed by atoms with Crippen molar-refractivity contribution in [2.75, 3.05) is 0 Å². The van der Waals surface area contributed by atoms with Crippen LogP contribution >= 0.6 is 0 Å². The summed E-state index contributed by atoms with van der Waals surface area (Å²) in [6, 6.07) is 25.9. The van der Waals surface area contributed by atoms with Gasteiger partial charge < -0.3 is 9.47 Å². The van der Waals surface area contributed by atoms with Crippen molar-refractivity contribution in [3.05, 3.63) is 95.6 Å². The molecule has 4 heteroatoms. The van der Waals surface area contributed by atoms with E-state index in [0.717, 1.165) is 42.4 Å². The SMILES string of the molecule is O=C=NC1(c2cccc(OCc3ccccc3)c2OCc2ccccc2)CCCC1. The van der Waals surface area contributed by atoms with Crippen LogP contribution in [0.1, 0.15) is 42.4 Å². The molecule has 4 nitrogen and oxygen atoms in total. The van der Waals surface area contributed by atoms with Crippen LogP contribution < -0.4 is 9.47 Å². The van der Waals surface area contributed by atoms with Crippen molar-refractivity contribution in [1.29, 1.82) is 0 Å². The number of hydrogen-bond donors (Lipinski definition) is 0. The molecule has 30 heavy (non-hydrogen) atoms. The van der Waals surface area contributed by atoms with Crippen LogP contribution in [0, 0.1) is 0 Å². The fraction of sp³-hybridized carbons (Fsp3) is 0.269. The molecule has 0 spiro atoms. The molecule has 0 aliphatic heterocycles. The highest BCUT2D eigenvalue weighted by Crippen LogP contribution is 2.48. The summed E-state index contributed by atoms with van der Waals surface area (Å²) < 4.78 is 12.5. The minimum atomic E-state index is -0.583. The summed E-state index contributed by atoms with van der Waals surface area (Å²) in [5, 5.41) is 0. The van der Waals surface area contributed by atoms with Gasteiger partial charge in [-0.2, -0.15) is 4.99 Å². The van der Waals surface area contributed by atoms with Crippen LogP contribution in [0.3, 0.4) is 0 Å². The highest BCUT2D eigenvalue weighted by molar-refractivity contribution is 5.52. The number of rotatable bonds is 8. The van der Waals surface area contributed by atoms with Crippen molar-refractivity contribution in [2.45, 2.75) is 44.4 Å². The lowest BCUT2D eigenvalue weighted by Crippen LogP contribution is -2.20. The average molecular weight is 399 g/mol. The first-order valence-corrected chi connectivity index (χ1v) is 10.4. The Bertz CT molecular complexity index is 1000. The van der Waals surface area contributed by atoms with Crippen LogP contribution in [0.5, 0.6) is 11.5 Å². The molecule has 4 rings (SSSR count). The van der Waals surface area contributed by atoms with E-state index in [1.54, 1.807) is 6.08 Å². The lowest BCUT2D eigenvalue weighted by Gasteiger charge is -2.27. The summed E-state index contributed by atoms with van der Waals surface area (Å²) >= 11 is 0. The van der Waals surface area contributed by atoms with Crippen LogP contribution in [0.25, 0.3) is 0 Å². The Morgan fingerprint density at radius 2 is 1.37 bits per heavy atom. The van der Waals surface area contributed by atoms with Crippen molar-refractivity contribution in [3.63, 3.8) is 0 Å². The molecule has 0 N–H and O–H groups in total. The molecular weight excluding hydrogens is 374 g/mol. The Hall–Kier alpha value is -3.36. The Kier molecular flexibility index (Phi) is 6.26. The minimum Gasteiger partial charge on any atom is -0.485 e. The van der Waals surface area contributed by atoms with E-state index in [0.29, 0.717) is 24.7 Å². The van der Waals surface area contributed by atoms with Gasteiger partial charge in [0.25, 0.3) is 0 Å². The first-order chi connectivity index (χ1) is 14.8. The topological polar surface area (TPSA) is 47.9 Å². The van der Waals surface area contributed by atoms with Gasteiger partial charge in [0.1, 0.15) is 18.8 Å². The summed E-state index contributed by atoms with van der Waals surface area (Å²) in [4.78, 5) is 15.5. The van der Waals surface area contributed by atoms with Gasteiger partial charge in [0.15, 0.2) is 11.5 Å². The van der Waals surface area contributed by atoms with E-state index in [-0.39, 0.29) is 0 Å². The van der Waals surface area contributed by atoms with Crippen molar-refractivity contribution in [3.8, 4) is 11.5 Å².